The molecule has 7 heteroatoms. The summed E-state index contributed by atoms with van der Waals surface area (Å²) in [6, 6.07) is 6.96. The molecule has 0 aliphatic carbocycles. The Hall–Kier alpha value is -0.210. The Labute approximate surface area is 133 Å². The van der Waals surface area contributed by atoms with Gasteiger partial charge in [0, 0.05) is 20.4 Å². The van der Waals surface area contributed by atoms with Gasteiger partial charge in [0.15, 0.2) is 0 Å². The van der Waals surface area contributed by atoms with E-state index in [4.69, 9.17) is 0 Å². The van der Waals surface area contributed by atoms with Gasteiger partial charge in [0.2, 0.25) is 10.0 Å². The SMILES string of the molecule is Cc1ccsc1CNS(=O)(=O)c1ccc(Br)cc1Br. The van der Waals surface area contributed by atoms with Gasteiger partial charge in [0.05, 0.1) is 4.90 Å². The fourth-order valence-corrected chi connectivity index (χ4v) is 5.19. The van der Waals surface area contributed by atoms with E-state index >= 15 is 0 Å². The predicted octanol–water partition coefficient (Wildman–Crippen LogP) is 4.06. The van der Waals surface area contributed by atoms with E-state index in [0.29, 0.717) is 11.0 Å². The van der Waals surface area contributed by atoms with Gasteiger partial charge in [-0.1, -0.05) is 15.9 Å². The zero-order valence-electron chi connectivity index (χ0n) is 9.98. The van der Waals surface area contributed by atoms with Crippen molar-refractivity contribution in [2.45, 2.75) is 18.4 Å². The molecule has 2 rings (SSSR count). The summed E-state index contributed by atoms with van der Waals surface area (Å²) in [7, 11) is -3.51. The summed E-state index contributed by atoms with van der Waals surface area (Å²) in [5.74, 6) is 0. The Kier molecular flexibility index (Phi) is 4.84. The van der Waals surface area contributed by atoms with E-state index in [2.05, 4.69) is 36.6 Å². The van der Waals surface area contributed by atoms with E-state index in [0.717, 1.165) is 14.9 Å². The molecule has 0 saturated heterocycles. The average molecular weight is 425 g/mol. The van der Waals surface area contributed by atoms with Crippen molar-refractivity contribution in [1.82, 2.24) is 4.72 Å². The molecule has 1 N–H and O–H groups in total. The lowest BCUT2D eigenvalue weighted by molar-refractivity contribution is 0.581. The first-order valence-corrected chi connectivity index (χ1v) is 9.33. The van der Waals surface area contributed by atoms with Gasteiger partial charge in [-0.2, -0.15) is 0 Å². The van der Waals surface area contributed by atoms with Crippen LogP contribution in [0.15, 0.2) is 43.5 Å². The predicted molar refractivity (Wildman–Crippen MR) is 84.9 cm³/mol. The van der Waals surface area contributed by atoms with Crippen LogP contribution in [0, 0.1) is 6.92 Å². The number of nitrogens with one attached hydrogen (secondary N) is 1. The molecule has 19 heavy (non-hydrogen) atoms. The van der Waals surface area contributed by atoms with Crippen LogP contribution in [-0.4, -0.2) is 8.42 Å². The zero-order valence-corrected chi connectivity index (χ0v) is 14.8. The van der Waals surface area contributed by atoms with Gasteiger partial charge in [-0.25, -0.2) is 13.1 Å². The summed E-state index contributed by atoms with van der Waals surface area (Å²) in [4.78, 5) is 1.27. The fourth-order valence-electron chi connectivity index (χ4n) is 1.52. The Balaban J connectivity index is 2.21. The monoisotopic (exact) mass is 423 g/mol. The lowest BCUT2D eigenvalue weighted by Gasteiger charge is -2.08. The average Bonchev–Trinajstić information content (AvgIpc) is 2.72. The second kappa shape index (κ2) is 6.05. The lowest BCUT2D eigenvalue weighted by atomic mass is 10.3. The molecule has 2 aromatic rings. The third-order valence-electron chi connectivity index (χ3n) is 2.57. The minimum absolute atomic E-state index is 0.241. The lowest BCUT2D eigenvalue weighted by Crippen LogP contribution is -2.23. The van der Waals surface area contributed by atoms with Gasteiger partial charge in [-0.15, -0.1) is 11.3 Å². The summed E-state index contributed by atoms with van der Waals surface area (Å²) in [6.07, 6.45) is 0. The van der Waals surface area contributed by atoms with Crippen molar-refractivity contribution in [3.63, 3.8) is 0 Å². The molecule has 0 fully saturated rings. The van der Waals surface area contributed by atoms with Crippen LogP contribution in [0.4, 0.5) is 0 Å². The number of halogens is 2. The van der Waals surface area contributed by atoms with Crippen molar-refractivity contribution in [2.24, 2.45) is 0 Å². The molecule has 1 aromatic carbocycles. The van der Waals surface area contributed by atoms with Gasteiger partial charge < -0.3 is 0 Å². The topological polar surface area (TPSA) is 46.2 Å². The van der Waals surface area contributed by atoms with Gasteiger partial charge >= 0.3 is 0 Å². The van der Waals surface area contributed by atoms with Crippen LogP contribution in [0.3, 0.4) is 0 Å². The second-order valence-corrected chi connectivity index (χ2v) is 8.43. The molecular weight excluding hydrogens is 414 g/mol. The second-order valence-electron chi connectivity index (χ2n) is 3.93. The van der Waals surface area contributed by atoms with Crippen molar-refractivity contribution in [2.75, 3.05) is 0 Å². The number of benzene rings is 1. The highest BCUT2D eigenvalue weighted by Crippen LogP contribution is 2.26. The van der Waals surface area contributed by atoms with Gasteiger partial charge in [0.25, 0.3) is 0 Å². The molecule has 0 atom stereocenters. The molecule has 0 amide bonds. The molecular formula is C12H11Br2NO2S2. The zero-order chi connectivity index (χ0) is 14.0. The third-order valence-corrected chi connectivity index (χ3v) is 6.47. The molecule has 0 saturated carbocycles. The first-order valence-electron chi connectivity index (χ1n) is 5.38. The summed E-state index contributed by atoms with van der Waals surface area (Å²) >= 11 is 8.11. The highest BCUT2D eigenvalue weighted by Gasteiger charge is 2.17. The van der Waals surface area contributed by atoms with Crippen LogP contribution in [0.25, 0.3) is 0 Å². The Morgan fingerprint density at radius 3 is 2.58 bits per heavy atom. The number of thiophene rings is 1. The Morgan fingerprint density at radius 2 is 2.00 bits per heavy atom. The van der Waals surface area contributed by atoms with Crippen LogP contribution < -0.4 is 4.72 Å². The normalized spacial score (nSPS) is 11.7. The van der Waals surface area contributed by atoms with Crippen molar-refractivity contribution < 1.29 is 8.42 Å². The highest BCUT2D eigenvalue weighted by molar-refractivity contribution is 9.11. The molecule has 0 spiro atoms. The minimum Gasteiger partial charge on any atom is -0.207 e. The maximum Gasteiger partial charge on any atom is 0.242 e. The minimum atomic E-state index is -3.51. The van der Waals surface area contributed by atoms with Crippen LogP contribution >= 0.6 is 43.2 Å². The van der Waals surface area contributed by atoms with E-state index in [1.54, 1.807) is 29.5 Å². The molecule has 3 nitrogen and oxygen atoms in total. The number of sulfonamides is 1. The summed E-state index contributed by atoms with van der Waals surface area (Å²) < 4.78 is 28.4. The molecule has 0 aliphatic heterocycles. The standard InChI is InChI=1S/C12H11Br2NO2S2/c1-8-4-5-18-11(8)7-15-19(16,17)12-3-2-9(13)6-10(12)14/h2-6,15H,7H2,1H3. The smallest absolute Gasteiger partial charge is 0.207 e. The van der Waals surface area contributed by atoms with Crippen molar-refractivity contribution in [1.29, 1.82) is 0 Å². The Morgan fingerprint density at radius 1 is 1.26 bits per heavy atom. The van der Waals surface area contributed by atoms with Crippen LogP contribution in [0.1, 0.15) is 10.4 Å². The van der Waals surface area contributed by atoms with Gasteiger partial charge in [-0.05, 0) is 58.1 Å². The number of rotatable bonds is 4. The van der Waals surface area contributed by atoms with E-state index in [1.807, 2.05) is 18.4 Å². The summed E-state index contributed by atoms with van der Waals surface area (Å²) in [5.41, 5.74) is 1.10. The molecule has 0 aliphatic rings. The largest absolute Gasteiger partial charge is 0.242 e. The summed E-state index contributed by atoms with van der Waals surface area (Å²) in [5, 5.41) is 1.95. The number of hydrogen-bond donors (Lipinski definition) is 1. The molecule has 0 radical (unpaired) electrons. The molecule has 0 unspecified atom stereocenters. The Bertz CT molecular complexity index is 696. The first-order chi connectivity index (χ1) is 8.90. The third kappa shape index (κ3) is 3.66. The maximum atomic E-state index is 12.2. The molecule has 1 heterocycles. The maximum absolute atomic E-state index is 12.2. The highest BCUT2D eigenvalue weighted by atomic mass is 79.9. The van der Waals surface area contributed by atoms with E-state index in [9.17, 15) is 8.42 Å². The molecule has 1 aromatic heterocycles. The van der Waals surface area contributed by atoms with Crippen LogP contribution in [0.5, 0.6) is 0 Å². The van der Waals surface area contributed by atoms with Crippen molar-refractivity contribution in [3.8, 4) is 0 Å². The van der Waals surface area contributed by atoms with Crippen molar-refractivity contribution in [3.05, 3.63) is 49.0 Å². The van der Waals surface area contributed by atoms with E-state index in [-0.39, 0.29) is 4.90 Å². The fraction of sp³-hybridized carbons (Fsp3) is 0.167. The molecule has 0 bridgehead atoms. The number of aryl methyl sites for hydroxylation is 1. The number of hydrogen-bond acceptors (Lipinski definition) is 3. The molecule has 102 valence electrons. The van der Waals surface area contributed by atoms with Crippen molar-refractivity contribution >= 4 is 53.2 Å². The quantitative estimate of drug-likeness (QED) is 0.804. The van der Waals surface area contributed by atoms with Gasteiger partial charge in [-0.3, -0.25) is 0 Å². The van der Waals surface area contributed by atoms with E-state index < -0.39 is 10.0 Å². The summed E-state index contributed by atoms with van der Waals surface area (Å²) in [6.45, 7) is 2.28. The van der Waals surface area contributed by atoms with Crippen LogP contribution in [-0.2, 0) is 16.6 Å². The van der Waals surface area contributed by atoms with Crippen LogP contribution in [0.2, 0.25) is 0 Å². The van der Waals surface area contributed by atoms with E-state index in [1.165, 1.54) is 0 Å². The van der Waals surface area contributed by atoms with Gasteiger partial charge in [0.1, 0.15) is 0 Å². The first kappa shape index (κ1) is 15.2.